The van der Waals surface area contributed by atoms with E-state index in [1.165, 1.54) is 0 Å². The summed E-state index contributed by atoms with van der Waals surface area (Å²) >= 11 is 0. The van der Waals surface area contributed by atoms with Gasteiger partial charge >= 0.3 is 5.97 Å². The van der Waals surface area contributed by atoms with E-state index in [0.29, 0.717) is 6.07 Å². The number of carbonyl (C=O) groups is 1. The zero-order chi connectivity index (χ0) is 15.8. The Hall–Kier alpha value is -2.59. The Morgan fingerprint density at radius 1 is 0.952 bits per heavy atom. The van der Waals surface area contributed by atoms with Crippen LogP contribution in [0.5, 0.6) is 0 Å². The number of carboxylic acid groups (broad SMARTS) is 1. The summed E-state index contributed by atoms with van der Waals surface area (Å²) in [5.74, 6) is -1.46. The van der Waals surface area contributed by atoms with Crippen molar-refractivity contribution >= 4 is 17.3 Å². The first-order chi connectivity index (χ1) is 9.91. The predicted octanol–water partition coefficient (Wildman–Crippen LogP) is 0.380. The number of nitrogens with one attached hydrogen (secondary N) is 2. The van der Waals surface area contributed by atoms with Gasteiger partial charge in [0.15, 0.2) is 0 Å². The molecule has 3 N–H and O–H groups in total. The van der Waals surface area contributed by atoms with Crippen LogP contribution in [0.15, 0.2) is 18.2 Å². The molecule has 1 saturated heterocycles. The minimum Gasteiger partial charge on any atom is -0.478 e. The molecule has 10 nitrogen and oxygen atoms in total. The van der Waals surface area contributed by atoms with Gasteiger partial charge in [0.05, 0.1) is 21.5 Å². The summed E-state index contributed by atoms with van der Waals surface area (Å²) in [7, 11) is 0. The SMILES string of the molecule is C1CNCCN1.O=C(O)c1cc([N+](=O)[O-])cc([N+](=O)[O-])c1. The lowest BCUT2D eigenvalue weighted by molar-refractivity contribution is -0.394. The maximum atomic E-state index is 10.5. The summed E-state index contributed by atoms with van der Waals surface area (Å²) in [6.07, 6.45) is 0. The molecule has 0 radical (unpaired) electrons. The fraction of sp³-hybridized carbons (Fsp3) is 0.364. The van der Waals surface area contributed by atoms with Crippen molar-refractivity contribution in [2.45, 2.75) is 0 Å². The molecule has 1 fully saturated rings. The van der Waals surface area contributed by atoms with E-state index in [4.69, 9.17) is 5.11 Å². The Kier molecular flexibility index (Phi) is 6.17. The van der Waals surface area contributed by atoms with Crippen molar-refractivity contribution in [2.24, 2.45) is 0 Å². The zero-order valence-electron chi connectivity index (χ0n) is 10.9. The van der Waals surface area contributed by atoms with Gasteiger partial charge in [-0.15, -0.1) is 0 Å². The molecule has 0 atom stereocenters. The number of piperazine rings is 1. The summed E-state index contributed by atoms with van der Waals surface area (Å²) in [5.41, 5.74) is -1.74. The first-order valence-corrected chi connectivity index (χ1v) is 6.00. The van der Waals surface area contributed by atoms with Crippen molar-refractivity contribution in [2.75, 3.05) is 26.2 Å². The molecule has 2 rings (SSSR count). The van der Waals surface area contributed by atoms with Crippen LogP contribution in [-0.2, 0) is 0 Å². The third-order valence-electron chi connectivity index (χ3n) is 2.53. The average Bonchev–Trinajstić information content (AvgIpc) is 2.49. The fourth-order valence-corrected chi connectivity index (χ4v) is 1.53. The molecular formula is C11H14N4O6. The van der Waals surface area contributed by atoms with E-state index in [0.717, 1.165) is 38.3 Å². The molecule has 1 heterocycles. The molecule has 0 bridgehead atoms. The maximum absolute atomic E-state index is 10.5. The van der Waals surface area contributed by atoms with E-state index < -0.39 is 32.8 Å². The molecule has 0 unspecified atom stereocenters. The molecule has 21 heavy (non-hydrogen) atoms. The summed E-state index contributed by atoms with van der Waals surface area (Å²) in [6.45, 7) is 4.56. The molecule has 0 aromatic heterocycles. The maximum Gasteiger partial charge on any atom is 0.336 e. The normalized spacial score (nSPS) is 13.7. The lowest BCUT2D eigenvalue weighted by Gasteiger charge is -2.11. The smallest absolute Gasteiger partial charge is 0.336 e. The van der Waals surface area contributed by atoms with Gasteiger partial charge in [0.25, 0.3) is 11.4 Å². The summed E-state index contributed by atoms with van der Waals surface area (Å²) < 4.78 is 0. The van der Waals surface area contributed by atoms with E-state index in [1.54, 1.807) is 0 Å². The molecule has 1 aliphatic rings. The molecule has 0 aliphatic carbocycles. The van der Waals surface area contributed by atoms with Crippen LogP contribution in [0.1, 0.15) is 10.4 Å². The molecule has 1 aromatic carbocycles. The number of hydrogen-bond donors (Lipinski definition) is 3. The lowest BCUT2D eigenvalue weighted by atomic mass is 10.2. The van der Waals surface area contributed by atoms with Gasteiger partial charge < -0.3 is 15.7 Å². The number of non-ortho nitro benzene ring substituents is 2. The standard InChI is InChI=1S/C7H4N2O6.C4H10N2/c10-7(11)4-1-5(8(12)13)3-6(2-4)9(14)15;1-2-6-4-3-5-1/h1-3H,(H,10,11);5-6H,1-4H2. The average molecular weight is 298 g/mol. The molecule has 0 spiro atoms. The third-order valence-corrected chi connectivity index (χ3v) is 2.53. The van der Waals surface area contributed by atoms with Gasteiger partial charge in [-0.25, -0.2) is 4.79 Å². The van der Waals surface area contributed by atoms with Crippen LogP contribution in [0.25, 0.3) is 0 Å². The number of aromatic carboxylic acids is 1. The largest absolute Gasteiger partial charge is 0.478 e. The van der Waals surface area contributed by atoms with Gasteiger partial charge in [-0.3, -0.25) is 20.2 Å². The van der Waals surface area contributed by atoms with Crippen molar-refractivity contribution < 1.29 is 19.7 Å². The molecular weight excluding hydrogens is 284 g/mol. The first kappa shape index (κ1) is 16.5. The van der Waals surface area contributed by atoms with Crippen LogP contribution in [0.4, 0.5) is 11.4 Å². The second kappa shape index (κ2) is 7.87. The highest BCUT2D eigenvalue weighted by Gasteiger charge is 2.19. The minimum absolute atomic E-state index is 0.490. The van der Waals surface area contributed by atoms with Crippen LogP contribution < -0.4 is 10.6 Å². The van der Waals surface area contributed by atoms with Gasteiger partial charge in [0.1, 0.15) is 0 Å². The van der Waals surface area contributed by atoms with Gasteiger partial charge in [-0.05, 0) is 0 Å². The number of rotatable bonds is 3. The van der Waals surface area contributed by atoms with Crippen LogP contribution in [0, 0.1) is 20.2 Å². The Labute approximate surface area is 119 Å². The van der Waals surface area contributed by atoms with Crippen LogP contribution in [-0.4, -0.2) is 47.1 Å². The first-order valence-electron chi connectivity index (χ1n) is 6.00. The van der Waals surface area contributed by atoms with E-state index >= 15 is 0 Å². The molecule has 10 heteroatoms. The van der Waals surface area contributed by atoms with E-state index in [1.807, 2.05) is 0 Å². The highest BCUT2D eigenvalue weighted by molar-refractivity contribution is 5.89. The van der Waals surface area contributed by atoms with Crippen molar-refractivity contribution in [1.82, 2.24) is 10.6 Å². The summed E-state index contributed by atoms with van der Waals surface area (Å²) in [4.78, 5) is 29.4. The Morgan fingerprint density at radius 2 is 1.33 bits per heavy atom. The number of nitrogens with zero attached hydrogens (tertiary/aromatic N) is 2. The van der Waals surface area contributed by atoms with Crippen molar-refractivity contribution in [1.29, 1.82) is 0 Å². The van der Waals surface area contributed by atoms with Crippen molar-refractivity contribution in [3.05, 3.63) is 44.0 Å². The number of carboxylic acids is 1. The van der Waals surface area contributed by atoms with Gasteiger partial charge in [0, 0.05) is 38.3 Å². The number of benzene rings is 1. The molecule has 114 valence electrons. The Morgan fingerprint density at radius 3 is 1.57 bits per heavy atom. The Bertz CT molecular complexity index is 453. The highest BCUT2D eigenvalue weighted by atomic mass is 16.6. The van der Waals surface area contributed by atoms with E-state index in [-0.39, 0.29) is 0 Å². The van der Waals surface area contributed by atoms with Gasteiger partial charge in [-0.2, -0.15) is 0 Å². The second-order valence-corrected chi connectivity index (χ2v) is 4.06. The predicted molar refractivity (Wildman–Crippen MR) is 72.4 cm³/mol. The minimum atomic E-state index is -1.46. The topological polar surface area (TPSA) is 148 Å². The van der Waals surface area contributed by atoms with Crippen molar-refractivity contribution in [3.63, 3.8) is 0 Å². The monoisotopic (exact) mass is 298 g/mol. The second-order valence-electron chi connectivity index (χ2n) is 4.06. The fourth-order valence-electron chi connectivity index (χ4n) is 1.53. The Balaban J connectivity index is 0.000000304. The van der Waals surface area contributed by atoms with Crippen LogP contribution in [0.2, 0.25) is 0 Å². The highest BCUT2D eigenvalue weighted by Crippen LogP contribution is 2.22. The number of nitro groups is 2. The van der Waals surface area contributed by atoms with Gasteiger partial charge in [0.2, 0.25) is 0 Å². The summed E-state index contributed by atoms with van der Waals surface area (Å²) in [6, 6.07) is 2.22. The number of nitro benzene ring substituents is 2. The summed E-state index contributed by atoms with van der Waals surface area (Å²) in [5, 5.41) is 35.7. The molecule has 1 aliphatic heterocycles. The quantitative estimate of drug-likeness (QED) is 0.535. The van der Waals surface area contributed by atoms with Gasteiger partial charge in [-0.1, -0.05) is 0 Å². The van der Waals surface area contributed by atoms with Crippen molar-refractivity contribution in [3.8, 4) is 0 Å². The molecule has 0 amide bonds. The lowest BCUT2D eigenvalue weighted by Crippen LogP contribution is -2.39. The molecule has 0 saturated carbocycles. The third kappa shape index (κ3) is 5.50. The van der Waals surface area contributed by atoms with E-state index in [2.05, 4.69) is 10.6 Å². The number of hydrogen-bond acceptors (Lipinski definition) is 7. The van der Waals surface area contributed by atoms with E-state index in [9.17, 15) is 25.0 Å². The van der Waals surface area contributed by atoms with Crippen LogP contribution >= 0.6 is 0 Å². The molecule has 1 aromatic rings. The van der Waals surface area contributed by atoms with Crippen LogP contribution in [0.3, 0.4) is 0 Å². The zero-order valence-corrected chi connectivity index (χ0v) is 10.9.